The Labute approximate surface area is 105 Å². The third-order valence-corrected chi connectivity index (χ3v) is 2.73. The number of rotatable bonds is 5. The van der Waals surface area contributed by atoms with E-state index in [2.05, 4.69) is 0 Å². The number of carbonyl (C=O) groups is 1. The quantitative estimate of drug-likeness (QED) is 0.594. The number of ketones is 1. The van der Waals surface area contributed by atoms with E-state index in [1.165, 1.54) is 0 Å². The Balaban J connectivity index is 3.35. The van der Waals surface area contributed by atoms with E-state index >= 15 is 0 Å². The molecule has 106 valence electrons. The van der Waals surface area contributed by atoms with Crippen LogP contribution in [0.3, 0.4) is 0 Å². The Morgan fingerprint density at radius 2 is 1.42 bits per heavy atom. The van der Waals surface area contributed by atoms with Crippen molar-refractivity contribution in [1.29, 1.82) is 0 Å². The van der Waals surface area contributed by atoms with Gasteiger partial charge in [-0.1, -0.05) is 18.2 Å². The van der Waals surface area contributed by atoms with Crippen molar-refractivity contribution in [2.24, 2.45) is 5.41 Å². The van der Waals surface area contributed by atoms with E-state index < -0.39 is 48.5 Å². The van der Waals surface area contributed by atoms with Gasteiger partial charge in [0.15, 0.2) is 5.78 Å². The minimum absolute atomic E-state index is 0.604. The monoisotopic (exact) mass is 284 g/mol. The molecule has 0 aliphatic carbocycles. The fraction of sp³-hybridized carbons (Fsp3) is 0.417. The highest BCUT2D eigenvalue weighted by Gasteiger charge is 2.44. The minimum atomic E-state index is -4.86. The summed E-state index contributed by atoms with van der Waals surface area (Å²) in [7, 11) is 0. The minimum Gasteiger partial charge on any atom is -0.293 e. The van der Waals surface area contributed by atoms with Crippen LogP contribution in [-0.2, 0) is 6.18 Å². The van der Waals surface area contributed by atoms with Gasteiger partial charge in [0, 0.05) is 5.56 Å². The van der Waals surface area contributed by atoms with Gasteiger partial charge in [0.2, 0.25) is 0 Å². The highest BCUT2D eigenvalue weighted by atomic mass is 19.4. The molecule has 0 bridgehead atoms. The van der Waals surface area contributed by atoms with Crippen molar-refractivity contribution in [1.82, 2.24) is 0 Å². The van der Waals surface area contributed by atoms with Gasteiger partial charge in [-0.25, -0.2) is 13.2 Å². The normalized spacial score (nSPS) is 12.5. The third-order valence-electron chi connectivity index (χ3n) is 2.73. The van der Waals surface area contributed by atoms with Gasteiger partial charge < -0.3 is 0 Å². The lowest BCUT2D eigenvalue weighted by Crippen LogP contribution is -2.39. The van der Waals surface area contributed by atoms with Gasteiger partial charge in [0.25, 0.3) is 0 Å². The van der Waals surface area contributed by atoms with Crippen molar-refractivity contribution in [2.45, 2.75) is 6.18 Å². The third kappa shape index (κ3) is 2.90. The number of halogens is 6. The van der Waals surface area contributed by atoms with Crippen LogP contribution < -0.4 is 0 Å². The molecule has 1 aromatic rings. The Hall–Kier alpha value is -1.53. The summed E-state index contributed by atoms with van der Waals surface area (Å²) in [5.74, 6) is -1.52. The molecule has 0 atom stereocenters. The highest BCUT2D eigenvalue weighted by molar-refractivity contribution is 6.02. The largest absolute Gasteiger partial charge is 0.417 e. The molecular weight excluding hydrogens is 274 g/mol. The topological polar surface area (TPSA) is 17.1 Å². The van der Waals surface area contributed by atoms with Crippen LogP contribution in [0.2, 0.25) is 0 Å². The summed E-state index contributed by atoms with van der Waals surface area (Å²) < 4.78 is 76.1. The maximum atomic E-state index is 12.7. The molecule has 0 unspecified atom stereocenters. The smallest absolute Gasteiger partial charge is 0.293 e. The second kappa shape index (κ2) is 5.63. The predicted octanol–water partition coefficient (Wildman–Crippen LogP) is 3.78. The van der Waals surface area contributed by atoms with Crippen molar-refractivity contribution in [3.05, 3.63) is 35.4 Å². The standard InChI is InChI=1S/C12H10F6O/c13-5-11(6-14,7-15)10(19)8-3-1-2-4-9(8)12(16,17)18/h1-4H,5-7H2. The van der Waals surface area contributed by atoms with Gasteiger partial charge in [0.05, 0.1) is 5.56 Å². The molecule has 19 heavy (non-hydrogen) atoms. The summed E-state index contributed by atoms with van der Waals surface area (Å²) in [6, 6.07) is 3.52. The first-order valence-corrected chi connectivity index (χ1v) is 5.21. The SMILES string of the molecule is O=C(c1ccccc1C(F)(F)F)C(CF)(CF)CF. The average molecular weight is 284 g/mol. The highest BCUT2D eigenvalue weighted by Crippen LogP contribution is 2.35. The van der Waals surface area contributed by atoms with E-state index in [0.717, 1.165) is 18.2 Å². The zero-order valence-corrected chi connectivity index (χ0v) is 9.61. The van der Waals surface area contributed by atoms with Gasteiger partial charge in [-0.05, 0) is 6.07 Å². The Kier molecular flexibility index (Phi) is 4.60. The number of Topliss-reactive ketones (excluding diaryl/α,β-unsaturated/α-hetero) is 1. The van der Waals surface area contributed by atoms with Crippen molar-refractivity contribution in [3.63, 3.8) is 0 Å². The maximum absolute atomic E-state index is 12.7. The van der Waals surface area contributed by atoms with Gasteiger partial charge in [-0.2, -0.15) is 13.2 Å². The van der Waals surface area contributed by atoms with Crippen LogP contribution in [-0.4, -0.2) is 25.8 Å². The molecule has 0 aromatic heterocycles. The van der Waals surface area contributed by atoms with Gasteiger partial charge in [-0.3, -0.25) is 4.79 Å². The Morgan fingerprint density at radius 3 is 1.84 bits per heavy atom. The molecule has 7 heteroatoms. The number of carbonyl (C=O) groups excluding carboxylic acids is 1. The summed E-state index contributed by atoms with van der Waals surface area (Å²) in [6.07, 6.45) is -4.86. The van der Waals surface area contributed by atoms with Crippen LogP contribution in [0.1, 0.15) is 15.9 Å². The van der Waals surface area contributed by atoms with E-state index in [4.69, 9.17) is 0 Å². The summed E-state index contributed by atoms with van der Waals surface area (Å²) in [6.45, 7) is -5.11. The lowest BCUT2D eigenvalue weighted by molar-refractivity contribution is -0.138. The number of benzene rings is 1. The Morgan fingerprint density at radius 1 is 0.947 bits per heavy atom. The van der Waals surface area contributed by atoms with Crippen LogP contribution in [0.4, 0.5) is 26.3 Å². The summed E-state index contributed by atoms with van der Waals surface area (Å²) >= 11 is 0. The van der Waals surface area contributed by atoms with Gasteiger partial charge in [-0.15, -0.1) is 0 Å². The summed E-state index contributed by atoms with van der Waals surface area (Å²) in [5, 5.41) is 0. The average Bonchev–Trinajstić information content (AvgIpc) is 2.40. The Bertz CT molecular complexity index is 442. The lowest BCUT2D eigenvalue weighted by Gasteiger charge is -2.24. The second-order valence-electron chi connectivity index (χ2n) is 4.05. The molecule has 0 saturated carbocycles. The van der Waals surface area contributed by atoms with Gasteiger partial charge in [0.1, 0.15) is 25.4 Å². The molecule has 1 nitrogen and oxygen atoms in total. The van der Waals surface area contributed by atoms with Crippen molar-refractivity contribution in [3.8, 4) is 0 Å². The van der Waals surface area contributed by atoms with Crippen LogP contribution in [0.5, 0.6) is 0 Å². The molecule has 0 heterocycles. The van der Waals surface area contributed by atoms with Crippen LogP contribution in [0, 0.1) is 5.41 Å². The van der Waals surface area contributed by atoms with Gasteiger partial charge >= 0.3 is 6.18 Å². The van der Waals surface area contributed by atoms with Crippen molar-refractivity contribution < 1.29 is 31.1 Å². The zero-order chi connectivity index (χ0) is 14.7. The zero-order valence-electron chi connectivity index (χ0n) is 9.61. The first kappa shape index (κ1) is 15.5. The molecule has 1 rings (SSSR count). The van der Waals surface area contributed by atoms with E-state index in [-0.39, 0.29) is 0 Å². The molecule has 0 amide bonds. The molecule has 1 aromatic carbocycles. The molecular formula is C12H10F6O. The molecule has 0 spiro atoms. The van der Waals surface area contributed by atoms with Crippen molar-refractivity contribution >= 4 is 5.78 Å². The first-order chi connectivity index (χ1) is 8.82. The molecule has 0 fully saturated rings. The van der Waals surface area contributed by atoms with Crippen LogP contribution in [0.25, 0.3) is 0 Å². The number of alkyl halides is 6. The maximum Gasteiger partial charge on any atom is 0.417 e. The molecule has 0 saturated heterocycles. The molecule has 0 aliphatic rings. The second-order valence-corrected chi connectivity index (χ2v) is 4.05. The van der Waals surface area contributed by atoms with Crippen molar-refractivity contribution in [2.75, 3.05) is 20.0 Å². The summed E-state index contributed by atoms with van der Waals surface area (Å²) in [5.41, 5.74) is -4.95. The van der Waals surface area contributed by atoms with E-state index in [1.807, 2.05) is 0 Å². The fourth-order valence-electron chi connectivity index (χ4n) is 1.50. The lowest BCUT2D eigenvalue weighted by atomic mass is 9.82. The predicted molar refractivity (Wildman–Crippen MR) is 56.1 cm³/mol. The van der Waals surface area contributed by atoms with E-state index in [1.54, 1.807) is 0 Å². The first-order valence-electron chi connectivity index (χ1n) is 5.21. The van der Waals surface area contributed by atoms with E-state index in [9.17, 15) is 31.1 Å². The molecule has 0 radical (unpaired) electrons. The molecule has 0 aliphatic heterocycles. The van der Waals surface area contributed by atoms with Crippen LogP contribution >= 0.6 is 0 Å². The fourth-order valence-corrected chi connectivity index (χ4v) is 1.50. The number of hydrogen-bond donors (Lipinski definition) is 0. The number of hydrogen-bond acceptors (Lipinski definition) is 1. The molecule has 0 N–H and O–H groups in total. The van der Waals surface area contributed by atoms with E-state index in [0.29, 0.717) is 6.07 Å². The van der Waals surface area contributed by atoms with Crippen LogP contribution in [0.15, 0.2) is 24.3 Å². The summed E-state index contributed by atoms with van der Waals surface area (Å²) in [4.78, 5) is 11.8.